The molecule has 1 amide bonds. The molecule has 0 bridgehead atoms. The van der Waals surface area contributed by atoms with Crippen LogP contribution in [0.4, 0.5) is 0 Å². The van der Waals surface area contributed by atoms with Crippen molar-refractivity contribution in [1.82, 2.24) is 9.03 Å². The summed E-state index contributed by atoms with van der Waals surface area (Å²) in [5.74, 6) is -0.558. The van der Waals surface area contributed by atoms with E-state index >= 15 is 0 Å². The van der Waals surface area contributed by atoms with Crippen molar-refractivity contribution in [3.8, 4) is 0 Å². The fourth-order valence-electron chi connectivity index (χ4n) is 1.74. The molecule has 0 spiro atoms. The first-order valence-electron chi connectivity index (χ1n) is 5.44. The SMILES string of the molecule is O=C(NS(=O)(=O)N1CCCCC1)c1ccsc1. The first-order chi connectivity index (χ1) is 8.09. The molecule has 1 aromatic rings. The van der Waals surface area contributed by atoms with Crippen LogP contribution in [0.15, 0.2) is 16.8 Å². The van der Waals surface area contributed by atoms with Crippen molar-refractivity contribution in [2.75, 3.05) is 13.1 Å². The number of carbonyl (C=O) groups excluding carboxylic acids is 1. The minimum Gasteiger partial charge on any atom is -0.268 e. The second kappa shape index (κ2) is 5.16. The highest BCUT2D eigenvalue weighted by Gasteiger charge is 2.25. The average molecular weight is 274 g/mol. The Morgan fingerprint density at radius 3 is 2.59 bits per heavy atom. The monoisotopic (exact) mass is 274 g/mol. The van der Waals surface area contributed by atoms with Gasteiger partial charge in [0.05, 0.1) is 5.56 Å². The van der Waals surface area contributed by atoms with Crippen LogP contribution in [0.3, 0.4) is 0 Å². The second-order valence-corrected chi connectivity index (χ2v) is 6.36. The molecule has 0 atom stereocenters. The third kappa shape index (κ3) is 3.05. The lowest BCUT2D eigenvalue weighted by molar-refractivity contribution is 0.0979. The summed E-state index contributed by atoms with van der Waals surface area (Å²) in [5, 5.41) is 3.36. The molecule has 1 fully saturated rings. The van der Waals surface area contributed by atoms with E-state index in [1.165, 1.54) is 15.6 Å². The van der Waals surface area contributed by atoms with E-state index in [1.807, 2.05) is 0 Å². The summed E-state index contributed by atoms with van der Waals surface area (Å²) in [5.41, 5.74) is 0.385. The van der Waals surface area contributed by atoms with E-state index in [0.717, 1.165) is 19.3 Å². The van der Waals surface area contributed by atoms with Crippen LogP contribution in [0.1, 0.15) is 29.6 Å². The summed E-state index contributed by atoms with van der Waals surface area (Å²) in [6.07, 6.45) is 2.76. The maximum absolute atomic E-state index is 11.9. The standard InChI is InChI=1S/C10H14N2O3S2/c13-10(9-4-7-16-8-9)11-17(14,15)12-5-2-1-3-6-12/h4,7-8H,1-3,5-6H2,(H,11,13). The number of rotatable bonds is 3. The molecule has 1 aromatic heterocycles. The molecule has 0 aromatic carbocycles. The summed E-state index contributed by atoms with van der Waals surface area (Å²) in [6, 6.07) is 1.60. The Hall–Kier alpha value is -0.920. The predicted octanol–water partition coefficient (Wildman–Crippen LogP) is 1.21. The molecule has 2 heterocycles. The molecule has 1 aliphatic rings. The van der Waals surface area contributed by atoms with Crippen molar-refractivity contribution in [2.45, 2.75) is 19.3 Å². The van der Waals surface area contributed by atoms with Gasteiger partial charge < -0.3 is 0 Å². The third-order valence-electron chi connectivity index (χ3n) is 2.66. The fraction of sp³-hybridized carbons (Fsp3) is 0.500. The molecule has 0 aliphatic carbocycles. The normalized spacial score (nSPS) is 17.9. The van der Waals surface area contributed by atoms with E-state index in [-0.39, 0.29) is 0 Å². The van der Waals surface area contributed by atoms with Crippen molar-refractivity contribution >= 4 is 27.5 Å². The number of nitrogens with zero attached hydrogens (tertiary/aromatic N) is 1. The minimum atomic E-state index is -3.67. The lowest BCUT2D eigenvalue weighted by atomic mass is 10.2. The van der Waals surface area contributed by atoms with E-state index in [1.54, 1.807) is 16.8 Å². The quantitative estimate of drug-likeness (QED) is 0.901. The molecule has 2 rings (SSSR count). The summed E-state index contributed by atoms with van der Waals surface area (Å²) in [7, 11) is -3.67. The van der Waals surface area contributed by atoms with Gasteiger partial charge in [-0.05, 0) is 24.3 Å². The maximum Gasteiger partial charge on any atom is 0.304 e. The second-order valence-electron chi connectivity index (χ2n) is 3.91. The molecule has 0 unspecified atom stereocenters. The minimum absolute atomic E-state index is 0.385. The highest BCUT2D eigenvalue weighted by atomic mass is 32.2. The topological polar surface area (TPSA) is 66.5 Å². The van der Waals surface area contributed by atoms with Crippen LogP contribution >= 0.6 is 11.3 Å². The molecule has 1 saturated heterocycles. The van der Waals surface area contributed by atoms with Gasteiger partial charge in [0, 0.05) is 18.5 Å². The van der Waals surface area contributed by atoms with Crippen molar-refractivity contribution in [3.05, 3.63) is 22.4 Å². The van der Waals surface area contributed by atoms with Gasteiger partial charge >= 0.3 is 10.2 Å². The van der Waals surface area contributed by atoms with E-state index in [2.05, 4.69) is 4.72 Å². The van der Waals surface area contributed by atoms with Gasteiger partial charge in [-0.25, -0.2) is 4.72 Å². The summed E-state index contributed by atoms with van der Waals surface area (Å²) >= 11 is 1.36. The highest BCUT2D eigenvalue weighted by Crippen LogP contribution is 2.13. The Kier molecular flexibility index (Phi) is 3.80. The molecule has 1 N–H and O–H groups in total. The van der Waals surface area contributed by atoms with Crippen LogP contribution in [0, 0.1) is 0 Å². The first kappa shape index (κ1) is 12.5. The van der Waals surface area contributed by atoms with Gasteiger partial charge in [0.15, 0.2) is 0 Å². The van der Waals surface area contributed by atoms with Crippen LogP contribution < -0.4 is 4.72 Å². The maximum atomic E-state index is 11.9. The highest BCUT2D eigenvalue weighted by molar-refractivity contribution is 7.87. The predicted molar refractivity (Wildman–Crippen MR) is 66.1 cm³/mol. The Balaban J connectivity index is 2.04. The van der Waals surface area contributed by atoms with Gasteiger partial charge in [-0.3, -0.25) is 4.79 Å². The van der Waals surface area contributed by atoms with E-state index in [0.29, 0.717) is 18.7 Å². The number of nitrogens with one attached hydrogen (secondary N) is 1. The lowest BCUT2D eigenvalue weighted by Crippen LogP contribution is -2.45. The van der Waals surface area contributed by atoms with Gasteiger partial charge in [0.25, 0.3) is 5.91 Å². The van der Waals surface area contributed by atoms with Gasteiger partial charge in [-0.2, -0.15) is 24.1 Å². The Labute approximate surface area is 105 Å². The zero-order valence-electron chi connectivity index (χ0n) is 9.26. The number of carbonyl (C=O) groups is 1. The van der Waals surface area contributed by atoms with Gasteiger partial charge in [-0.1, -0.05) is 6.42 Å². The van der Waals surface area contributed by atoms with Crippen LogP contribution in [-0.2, 0) is 10.2 Å². The first-order valence-corrected chi connectivity index (χ1v) is 7.82. The molecule has 17 heavy (non-hydrogen) atoms. The van der Waals surface area contributed by atoms with Gasteiger partial charge in [-0.15, -0.1) is 0 Å². The molecule has 94 valence electrons. The summed E-state index contributed by atoms with van der Waals surface area (Å²) < 4.78 is 27.2. The zero-order valence-corrected chi connectivity index (χ0v) is 10.9. The molecular formula is C10H14N2O3S2. The van der Waals surface area contributed by atoms with Crippen molar-refractivity contribution in [2.24, 2.45) is 0 Å². The molecule has 7 heteroatoms. The van der Waals surface area contributed by atoms with Gasteiger partial charge in [0.2, 0.25) is 0 Å². The number of hydrogen-bond acceptors (Lipinski definition) is 4. The lowest BCUT2D eigenvalue weighted by Gasteiger charge is -2.25. The molecule has 0 radical (unpaired) electrons. The van der Waals surface area contributed by atoms with Crippen molar-refractivity contribution in [3.63, 3.8) is 0 Å². The molecule has 0 saturated carbocycles. The zero-order chi connectivity index (χ0) is 12.3. The van der Waals surface area contributed by atoms with Crippen molar-refractivity contribution < 1.29 is 13.2 Å². The van der Waals surface area contributed by atoms with E-state index in [9.17, 15) is 13.2 Å². The molecule has 1 aliphatic heterocycles. The van der Waals surface area contributed by atoms with Crippen LogP contribution in [0.5, 0.6) is 0 Å². The number of amides is 1. The fourth-order valence-corrected chi connectivity index (χ4v) is 3.60. The van der Waals surface area contributed by atoms with Crippen LogP contribution in [0.2, 0.25) is 0 Å². The van der Waals surface area contributed by atoms with Gasteiger partial charge in [0.1, 0.15) is 0 Å². The van der Waals surface area contributed by atoms with Crippen LogP contribution in [-0.4, -0.2) is 31.7 Å². The largest absolute Gasteiger partial charge is 0.304 e. The van der Waals surface area contributed by atoms with E-state index in [4.69, 9.17) is 0 Å². The number of piperidine rings is 1. The smallest absolute Gasteiger partial charge is 0.268 e. The van der Waals surface area contributed by atoms with E-state index < -0.39 is 16.1 Å². The Bertz CT molecular complexity index is 476. The number of thiophene rings is 1. The average Bonchev–Trinajstić information content (AvgIpc) is 2.83. The summed E-state index contributed by atoms with van der Waals surface area (Å²) in [6.45, 7) is 0.985. The molecular weight excluding hydrogens is 260 g/mol. The third-order valence-corrected chi connectivity index (χ3v) is 4.83. The Morgan fingerprint density at radius 2 is 2.00 bits per heavy atom. The molecule has 5 nitrogen and oxygen atoms in total. The summed E-state index contributed by atoms with van der Waals surface area (Å²) in [4.78, 5) is 11.7. The van der Waals surface area contributed by atoms with Crippen LogP contribution in [0.25, 0.3) is 0 Å². The number of hydrogen-bond donors (Lipinski definition) is 1. The van der Waals surface area contributed by atoms with Crippen molar-refractivity contribution in [1.29, 1.82) is 0 Å². The Morgan fingerprint density at radius 1 is 1.29 bits per heavy atom.